The van der Waals surface area contributed by atoms with Crippen LogP contribution in [0.25, 0.3) is 0 Å². The van der Waals surface area contributed by atoms with E-state index in [0.717, 1.165) is 18.8 Å². The maximum absolute atomic E-state index is 11.1. The number of ether oxygens (including phenoxy) is 1. The molecular formula is C13H23N3O2. The first kappa shape index (κ1) is 14.7. The molecule has 0 radical (unpaired) electrons. The molecule has 1 rings (SSSR count). The zero-order valence-electron chi connectivity index (χ0n) is 11.7. The Kier molecular flexibility index (Phi) is 5.85. The van der Waals surface area contributed by atoms with Crippen molar-refractivity contribution < 1.29 is 9.53 Å². The van der Waals surface area contributed by atoms with Crippen LogP contribution in [0.1, 0.15) is 38.9 Å². The average Bonchev–Trinajstić information content (AvgIpc) is 2.82. The lowest BCUT2D eigenvalue weighted by atomic mass is 10.3. The fourth-order valence-electron chi connectivity index (χ4n) is 1.68. The van der Waals surface area contributed by atoms with Crippen molar-refractivity contribution in [3.63, 3.8) is 0 Å². The van der Waals surface area contributed by atoms with E-state index in [1.165, 1.54) is 7.11 Å². The lowest BCUT2D eigenvalue weighted by molar-refractivity contribution is -0.141. The highest BCUT2D eigenvalue weighted by molar-refractivity contribution is 5.69. The van der Waals surface area contributed by atoms with E-state index in [-0.39, 0.29) is 5.97 Å². The van der Waals surface area contributed by atoms with Crippen LogP contribution in [-0.4, -0.2) is 40.8 Å². The smallest absolute Gasteiger partial charge is 0.306 e. The summed E-state index contributed by atoms with van der Waals surface area (Å²) in [7, 11) is 1.42. The molecule has 1 aromatic heterocycles. The highest BCUT2D eigenvalue weighted by atomic mass is 16.5. The van der Waals surface area contributed by atoms with Gasteiger partial charge in [0.25, 0.3) is 0 Å². The summed E-state index contributed by atoms with van der Waals surface area (Å²) in [5, 5.41) is 4.50. The quantitative estimate of drug-likeness (QED) is 0.696. The van der Waals surface area contributed by atoms with Crippen LogP contribution in [-0.2, 0) is 16.1 Å². The number of aromatic nitrogens is 2. The van der Waals surface area contributed by atoms with E-state index in [1.807, 2.05) is 16.9 Å². The second-order valence-electron chi connectivity index (χ2n) is 4.58. The minimum atomic E-state index is -0.166. The highest BCUT2D eigenvalue weighted by Crippen LogP contribution is 2.07. The Morgan fingerprint density at radius 3 is 2.78 bits per heavy atom. The normalized spacial score (nSPS) is 11.2. The summed E-state index contributed by atoms with van der Waals surface area (Å²) < 4.78 is 6.59. The molecular weight excluding hydrogens is 230 g/mol. The fourth-order valence-corrected chi connectivity index (χ4v) is 1.68. The highest BCUT2D eigenvalue weighted by Gasteiger charge is 2.09. The van der Waals surface area contributed by atoms with Gasteiger partial charge in [-0.1, -0.05) is 6.92 Å². The molecule has 0 N–H and O–H groups in total. The molecule has 0 aliphatic rings. The van der Waals surface area contributed by atoms with Gasteiger partial charge in [0, 0.05) is 25.3 Å². The zero-order chi connectivity index (χ0) is 13.5. The van der Waals surface area contributed by atoms with Crippen molar-refractivity contribution in [1.29, 1.82) is 0 Å². The van der Waals surface area contributed by atoms with Crippen molar-refractivity contribution in [1.82, 2.24) is 14.7 Å². The van der Waals surface area contributed by atoms with Gasteiger partial charge < -0.3 is 4.74 Å². The number of esters is 1. The van der Waals surface area contributed by atoms with Crippen LogP contribution in [0.5, 0.6) is 0 Å². The molecule has 18 heavy (non-hydrogen) atoms. The standard InChI is InChI=1S/C13H23N3O2/c1-5-15(8-7-13(17)18-4)10-12-6-9-16(14-12)11(2)3/h6,9,11H,5,7-8,10H2,1-4H3. The average molecular weight is 253 g/mol. The second-order valence-corrected chi connectivity index (χ2v) is 4.58. The van der Waals surface area contributed by atoms with E-state index in [4.69, 9.17) is 0 Å². The number of carbonyl (C=O) groups excluding carboxylic acids is 1. The summed E-state index contributed by atoms with van der Waals surface area (Å²) in [5.41, 5.74) is 1.04. The van der Waals surface area contributed by atoms with E-state index in [2.05, 4.69) is 35.5 Å². The molecule has 0 aliphatic carbocycles. The summed E-state index contributed by atoms with van der Waals surface area (Å²) in [6.45, 7) is 8.66. The number of methoxy groups -OCH3 is 1. The van der Waals surface area contributed by atoms with Crippen molar-refractivity contribution in [2.24, 2.45) is 0 Å². The van der Waals surface area contributed by atoms with Crippen LogP contribution in [0, 0.1) is 0 Å². The van der Waals surface area contributed by atoms with Gasteiger partial charge in [0.05, 0.1) is 19.2 Å². The topological polar surface area (TPSA) is 47.4 Å². The van der Waals surface area contributed by atoms with Gasteiger partial charge in [-0.15, -0.1) is 0 Å². The lowest BCUT2D eigenvalue weighted by Crippen LogP contribution is -2.26. The summed E-state index contributed by atoms with van der Waals surface area (Å²) in [6, 6.07) is 2.41. The molecule has 1 aromatic rings. The molecule has 0 spiro atoms. The molecule has 0 aliphatic heterocycles. The van der Waals surface area contributed by atoms with Crippen LogP contribution in [0.15, 0.2) is 12.3 Å². The summed E-state index contributed by atoms with van der Waals surface area (Å²) in [6.07, 6.45) is 2.42. The molecule has 5 nitrogen and oxygen atoms in total. The SMILES string of the molecule is CCN(CCC(=O)OC)Cc1ccn(C(C)C)n1. The molecule has 0 saturated heterocycles. The van der Waals surface area contributed by atoms with Crippen molar-refractivity contribution in [2.75, 3.05) is 20.2 Å². The van der Waals surface area contributed by atoms with Gasteiger partial charge in [-0.05, 0) is 26.5 Å². The third-order valence-electron chi connectivity index (χ3n) is 2.89. The lowest BCUT2D eigenvalue weighted by Gasteiger charge is -2.18. The van der Waals surface area contributed by atoms with E-state index < -0.39 is 0 Å². The van der Waals surface area contributed by atoms with E-state index in [1.54, 1.807) is 0 Å². The molecule has 0 saturated carbocycles. The largest absolute Gasteiger partial charge is 0.469 e. The first-order valence-electron chi connectivity index (χ1n) is 6.40. The molecule has 0 bridgehead atoms. The van der Waals surface area contributed by atoms with Crippen molar-refractivity contribution in [3.8, 4) is 0 Å². The number of hydrogen-bond acceptors (Lipinski definition) is 4. The third kappa shape index (κ3) is 4.49. The van der Waals surface area contributed by atoms with Gasteiger partial charge in [0.2, 0.25) is 0 Å². The summed E-state index contributed by atoms with van der Waals surface area (Å²) >= 11 is 0. The van der Waals surface area contributed by atoms with Gasteiger partial charge in [0.15, 0.2) is 0 Å². The maximum atomic E-state index is 11.1. The van der Waals surface area contributed by atoms with Gasteiger partial charge in [0.1, 0.15) is 0 Å². The Bertz CT molecular complexity index is 374. The number of carbonyl (C=O) groups is 1. The van der Waals surface area contributed by atoms with Crippen LogP contribution in [0.2, 0.25) is 0 Å². The van der Waals surface area contributed by atoms with Gasteiger partial charge >= 0.3 is 5.97 Å². The van der Waals surface area contributed by atoms with Crippen LogP contribution >= 0.6 is 0 Å². The first-order valence-corrected chi connectivity index (χ1v) is 6.40. The predicted molar refractivity (Wildman–Crippen MR) is 70.2 cm³/mol. The molecule has 0 atom stereocenters. The Balaban J connectivity index is 2.48. The Hall–Kier alpha value is -1.36. The molecule has 0 amide bonds. The monoisotopic (exact) mass is 253 g/mol. The van der Waals surface area contributed by atoms with Crippen molar-refractivity contribution >= 4 is 5.97 Å². The molecule has 0 aromatic carbocycles. The summed E-state index contributed by atoms with van der Waals surface area (Å²) in [4.78, 5) is 13.3. The fraction of sp³-hybridized carbons (Fsp3) is 0.692. The molecule has 102 valence electrons. The van der Waals surface area contributed by atoms with Crippen molar-refractivity contribution in [2.45, 2.75) is 39.8 Å². The third-order valence-corrected chi connectivity index (χ3v) is 2.89. The van der Waals surface area contributed by atoms with E-state index in [0.29, 0.717) is 19.0 Å². The Labute approximate surface area is 109 Å². The van der Waals surface area contributed by atoms with Gasteiger partial charge in [-0.25, -0.2) is 0 Å². The van der Waals surface area contributed by atoms with E-state index in [9.17, 15) is 4.79 Å². The van der Waals surface area contributed by atoms with Crippen LogP contribution in [0.4, 0.5) is 0 Å². The molecule has 5 heteroatoms. The van der Waals surface area contributed by atoms with E-state index >= 15 is 0 Å². The number of nitrogens with zero attached hydrogens (tertiary/aromatic N) is 3. The van der Waals surface area contributed by atoms with Crippen LogP contribution < -0.4 is 0 Å². The van der Waals surface area contributed by atoms with Crippen molar-refractivity contribution in [3.05, 3.63) is 18.0 Å². The zero-order valence-corrected chi connectivity index (χ0v) is 11.7. The first-order chi connectivity index (χ1) is 8.56. The Morgan fingerprint density at radius 1 is 1.56 bits per heavy atom. The molecule has 0 fully saturated rings. The van der Waals surface area contributed by atoms with Gasteiger partial charge in [-0.2, -0.15) is 5.10 Å². The predicted octanol–water partition coefficient (Wildman–Crippen LogP) is 1.85. The minimum absolute atomic E-state index is 0.166. The maximum Gasteiger partial charge on any atom is 0.306 e. The molecule has 0 unspecified atom stereocenters. The van der Waals surface area contributed by atoms with Gasteiger partial charge in [-0.3, -0.25) is 14.4 Å². The Morgan fingerprint density at radius 2 is 2.28 bits per heavy atom. The second kappa shape index (κ2) is 7.16. The summed E-state index contributed by atoms with van der Waals surface area (Å²) in [5.74, 6) is -0.166. The number of hydrogen-bond donors (Lipinski definition) is 0. The molecule has 1 heterocycles. The van der Waals surface area contributed by atoms with Crippen LogP contribution in [0.3, 0.4) is 0 Å². The minimum Gasteiger partial charge on any atom is -0.469 e. The number of rotatable bonds is 7.